The average Bonchev–Trinajstić information content (AvgIpc) is 3.31. The molecule has 3 rings (SSSR count). The van der Waals surface area contributed by atoms with Crippen molar-refractivity contribution in [1.29, 1.82) is 0 Å². The molecule has 0 spiro atoms. The van der Waals surface area contributed by atoms with E-state index in [1.54, 1.807) is 0 Å². The Balaban J connectivity index is 1.76. The zero-order chi connectivity index (χ0) is 14.8. The Morgan fingerprint density at radius 3 is 2.62 bits per heavy atom. The summed E-state index contributed by atoms with van der Waals surface area (Å²) in [5.74, 6) is 1.59. The van der Waals surface area contributed by atoms with Gasteiger partial charge >= 0.3 is 0 Å². The highest BCUT2D eigenvalue weighted by Gasteiger charge is 2.34. The molecular formula is C18H27ClN2. The van der Waals surface area contributed by atoms with Crippen LogP contribution in [0.25, 0.3) is 0 Å². The van der Waals surface area contributed by atoms with E-state index in [0.29, 0.717) is 5.92 Å². The second-order valence-corrected chi connectivity index (χ2v) is 7.50. The molecule has 0 saturated heterocycles. The van der Waals surface area contributed by atoms with Crippen molar-refractivity contribution in [3.63, 3.8) is 0 Å². The van der Waals surface area contributed by atoms with Gasteiger partial charge in [-0.05, 0) is 56.2 Å². The van der Waals surface area contributed by atoms with Gasteiger partial charge in [0.25, 0.3) is 0 Å². The second kappa shape index (κ2) is 6.58. The van der Waals surface area contributed by atoms with Crippen LogP contribution in [0, 0.1) is 11.8 Å². The maximum Gasteiger partial charge on any atom is 0.0471 e. The second-order valence-electron chi connectivity index (χ2n) is 7.09. The molecule has 3 heteroatoms. The topological polar surface area (TPSA) is 15.3 Å². The lowest BCUT2D eigenvalue weighted by atomic mass is 10.1. The summed E-state index contributed by atoms with van der Waals surface area (Å²) in [7, 11) is 0. The Morgan fingerprint density at radius 1 is 1.24 bits per heavy atom. The third-order valence-corrected chi connectivity index (χ3v) is 4.75. The van der Waals surface area contributed by atoms with Gasteiger partial charge in [-0.2, -0.15) is 0 Å². The monoisotopic (exact) mass is 306 g/mol. The van der Waals surface area contributed by atoms with Crippen molar-refractivity contribution >= 4 is 17.3 Å². The van der Waals surface area contributed by atoms with Crippen LogP contribution >= 0.6 is 11.6 Å². The molecule has 116 valence electrons. The molecule has 2 fully saturated rings. The van der Waals surface area contributed by atoms with Crippen molar-refractivity contribution in [3.8, 4) is 0 Å². The number of anilines is 1. The van der Waals surface area contributed by atoms with E-state index in [2.05, 4.69) is 36.2 Å². The molecular weight excluding hydrogens is 280 g/mol. The van der Waals surface area contributed by atoms with Gasteiger partial charge in [0.2, 0.25) is 0 Å². The molecule has 2 aliphatic rings. The fourth-order valence-corrected chi connectivity index (χ4v) is 3.12. The Bertz CT molecular complexity index is 478. The van der Waals surface area contributed by atoms with Gasteiger partial charge in [-0.15, -0.1) is 0 Å². The summed E-state index contributed by atoms with van der Waals surface area (Å²) < 4.78 is 0. The van der Waals surface area contributed by atoms with Crippen molar-refractivity contribution in [3.05, 3.63) is 28.8 Å². The zero-order valence-corrected chi connectivity index (χ0v) is 14.0. The number of hydrogen-bond donors (Lipinski definition) is 1. The van der Waals surface area contributed by atoms with Gasteiger partial charge in [0.15, 0.2) is 0 Å². The number of rotatable bonds is 8. The van der Waals surface area contributed by atoms with Gasteiger partial charge in [0.1, 0.15) is 0 Å². The minimum absolute atomic E-state index is 0.668. The fraction of sp³-hybridized carbons (Fsp3) is 0.667. The maximum atomic E-state index is 6.50. The summed E-state index contributed by atoms with van der Waals surface area (Å²) in [5, 5.41) is 4.46. The van der Waals surface area contributed by atoms with Crippen molar-refractivity contribution in [2.75, 3.05) is 18.0 Å². The summed E-state index contributed by atoms with van der Waals surface area (Å²) in [4.78, 5) is 2.63. The third kappa shape index (κ3) is 4.14. The molecule has 1 aromatic carbocycles. The maximum absolute atomic E-state index is 6.50. The van der Waals surface area contributed by atoms with Crippen molar-refractivity contribution in [2.24, 2.45) is 11.8 Å². The van der Waals surface area contributed by atoms with Gasteiger partial charge in [0, 0.05) is 35.4 Å². The summed E-state index contributed by atoms with van der Waals surface area (Å²) in [6, 6.07) is 7.15. The molecule has 0 aliphatic heterocycles. The van der Waals surface area contributed by atoms with E-state index in [0.717, 1.165) is 30.1 Å². The van der Waals surface area contributed by atoms with Gasteiger partial charge in [0.05, 0.1) is 0 Å². The number of nitrogens with one attached hydrogen (secondary N) is 1. The highest BCUT2D eigenvalue weighted by molar-refractivity contribution is 6.31. The van der Waals surface area contributed by atoms with E-state index in [1.165, 1.54) is 43.5 Å². The van der Waals surface area contributed by atoms with E-state index in [1.807, 2.05) is 6.07 Å². The summed E-state index contributed by atoms with van der Waals surface area (Å²) >= 11 is 6.50. The summed E-state index contributed by atoms with van der Waals surface area (Å²) in [6.07, 6.45) is 5.51. The lowest BCUT2D eigenvalue weighted by Gasteiger charge is -2.28. The quantitative estimate of drug-likeness (QED) is 0.762. The Kier molecular flexibility index (Phi) is 4.75. The predicted octanol–water partition coefficient (Wildman–Crippen LogP) is 4.46. The van der Waals surface area contributed by atoms with Crippen LogP contribution in [0.15, 0.2) is 18.2 Å². The highest BCUT2D eigenvalue weighted by Crippen LogP contribution is 2.40. The number of benzene rings is 1. The summed E-state index contributed by atoms with van der Waals surface area (Å²) in [6.45, 7) is 7.62. The molecule has 1 N–H and O–H groups in total. The molecule has 0 radical (unpaired) electrons. The highest BCUT2D eigenvalue weighted by atomic mass is 35.5. The van der Waals surface area contributed by atoms with Crippen LogP contribution in [0.5, 0.6) is 0 Å². The van der Waals surface area contributed by atoms with Gasteiger partial charge < -0.3 is 10.2 Å². The minimum Gasteiger partial charge on any atom is -0.368 e. The first kappa shape index (κ1) is 15.2. The van der Waals surface area contributed by atoms with Crippen molar-refractivity contribution in [1.82, 2.24) is 5.32 Å². The van der Waals surface area contributed by atoms with E-state index < -0.39 is 0 Å². The molecule has 0 unspecified atom stereocenters. The molecule has 0 amide bonds. The minimum atomic E-state index is 0.668. The zero-order valence-electron chi connectivity index (χ0n) is 13.2. The predicted molar refractivity (Wildman–Crippen MR) is 91.1 cm³/mol. The molecule has 0 bridgehead atoms. The molecule has 2 nitrogen and oxygen atoms in total. The van der Waals surface area contributed by atoms with Gasteiger partial charge in [-0.25, -0.2) is 0 Å². The van der Waals surface area contributed by atoms with Gasteiger partial charge in [-0.1, -0.05) is 31.5 Å². The van der Waals surface area contributed by atoms with Crippen LogP contribution in [-0.2, 0) is 6.54 Å². The lowest BCUT2D eigenvalue weighted by Crippen LogP contribution is -2.30. The van der Waals surface area contributed by atoms with E-state index in [9.17, 15) is 0 Å². The van der Waals surface area contributed by atoms with Crippen LogP contribution in [0.3, 0.4) is 0 Å². The van der Waals surface area contributed by atoms with E-state index >= 15 is 0 Å². The van der Waals surface area contributed by atoms with Crippen LogP contribution in [-0.4, -0.2) is 19.1 Å². The average molecular weight is 307 g/mol. The largest absolute Gasteiger partial charge is 0.368 e. The molecule has 1 aromatic rings. The first-order chi connectivity index (χ1) is 10.1. The number of hydrogen-bond acceptors (Lipinski definition) is 2. The SMILES string of the molecule is CC(C)CNCc1c(Cl)cccc1N(CC1CC1)C1CC1. The normalized spacial score (nSPS) is 18.3. The smallest absolute Gasteiger partial charge is 0.0471 e. The van der Waals surface area contributed by atoms with Crippen molar-refractivity contribution < 1.29 is 0 Å². The Labute approximate surface area is 133 Å². The van der Waals surface area contributed by atoms with E-state index in [4.69, 9.17) is 11.6 Å². The van der Waals surface area contributed by atoms with Crippen molar-refractivity contribution in [2.45, 2.75) is 52.1 Å². The number of halogens is 1. The molecule has 2 aliphatic carbocycles. The number of nitrogens with zero attached hydrogens (tertiary/aromatic N) is 1. The van der Waals surface area contributed by atoms with Crippen LogP contribution < -0.4 is 10.2 Å². The molecule has 21 heavy (non-hydrogen) atoms. The Morgan fingerprint density at radius 2 is 2.00 bits per heavy atom. The molecule has 2 saturated carbocycles. The molecule has 0 heterocycles. The lowest BCUT2D eigenvalue weighted by molar-refractivity contribution is 0.551. The standard InChI is InChI=1S/C18H27ClN2/c1-13(2)10-20-11-16-17(19)4-3-5-18(16)21(15-8-9-15)12-14-6-7-14/h3-5,13-15,20H,6-12H2,1-2H3. The van der Waals surface area contributed by atoms with Crippen LogP contribution in [0.4, 0.5) is 5.69 Å². The van der Waals surface area contributed by atoms with E-state index in [-0.39, 0.29) is 0 Å². The third-order valence-electron chi connectivity index (χ3n) is 4.40. The summed E-state index contributed by atoms with van der Waals surface area (Å²) in [5.41, 5.74) is 2.65. The molecule has 0 atom stereocenters. The Hall–Kier alpha value is -0.730. The first-order valence-electron chi connectivity index (χ1n) is 8.40. The van der Waals surface area contributed by atoms with Crippen LogP contribution in [0.1, 0.15) is 45.1 Å². The first-order valence-corrected chi connectivity index (χ1v) is 8.77. The van der Waals surface area contributed by atoms with Gasteiger partial charge in [-0.3, -0.25) is 0 Å². The van der Waals surface area contributed by atoms with Crippen LogP contribution in [0.2, 0.25) is 5.02 Å². The molecule has 0 aromatic heterocycles. The fourth-order valence-electron chi connectivity index (χ4n) is 2.89.